The Hall–Kier alpha value is -1.71. The van der Waals surface area contributed by atoms with Crippen molar-refractivity contribution < 1.29 is 19.1 Å². The van der Waals surface area contributed by atoms with Crippen molar-refractivity contribution >= 4 is 18.0 Å². The first-order valence-electron chi connectivity index (χ1n) is 9.29. The molecule has 0 aromatic carbocycles. The predicted octanol–water partition coefficient (Wildman–Crippen LogP) is 3.80. The van der Waals surface area contributed by atoms with E-state index in [-0.39, 0.29) is 24.1 Å². The van der Waals surface area contributed by atoms with Gasteiger partial charge >= 0.3 is 5.97 Å². The molecule has 0 amide bonds. The first kappa shape index (κ1) is 18.1. The molecule has 3 aliphatic carbocycles. The summed E-state index contributed by atoms with van der Waals surface area (Å²) < 4.78 is 5.21. The van der Waals surface area contributed by atoms with Gasteiger partial charge in [-0.2, -0.15) is 0 Å². The van der Waals surface area contributed by atoms with Gasteiger partial charge in [-0.3, -0.25) is 14.4 Å². The molecule has 0 heterocycles. The topological polar surface area (TPSA) is 60.4 Å². The molecule has 1 saturated carbocycles. The third kappa shape index (κ3) is 2.52. The maximum absolute atomic E-state index is 13.0. The number of Topliss-reactive ketones (excluding diaryl/α,β-unsaturated/α-hetero) is 1. The molecule has 3 unspecified atom stereocenters. The van der Waals surface area contributed by atoms with E-state index in [4.69, 9.17) is 4.74 Å². The lowest BCUT2D eigenvalue weighted by Gasteiger charge is -2.48. The van der Waals surface area contributed by atoms with Crippen molar-refractivity contribution in [3.63, 3.8) is 0 Å². The van der Waals surface area contributed by atoms with E-state index in [0.29, 0.717) is 30.8 Å². The molecule has 0 aliphatic heterocycles. The summed E-state index contributed by atoms with van der Waals surface area (Å²) in [5.41, 5.74) is 1.97. The van der Waals surface area contributed by atoms with E-state index in [1.165, 1.54) is 12.7 Å². The largest absolute Gasteiger partial charge is 0.468 e. The SMILES string of the molecule is COC(=O)C12CCC(C(C)C)=C1C1CC=C(C=O)CC(=O)C1(C)CC2. The van der Waals surface area contributed by atoms with Crippen LogP contribution in [0.5, 0.6) is 0 Å². The van der Waals surface area contributed by atoms with E-state index in [0.717, 1.165) is 24.7 Å². The van der Waals surface area contributed by atoms with Crippen LogP contribution in [-0.2, 0) is 19.1 Å². The van der Waals surface area contributed by atoms with Crippen LogP contribution in [0, 0.1) is 22.7 Å². The van der Waals surface area contributed by atoms with Gasteiger partial charge in [-0.15, -0.1) is 0 Å². The summed E-state index contributed by atoms with van der Waals surface area (Å²) in [5, 5.41) is 0. The number of aldehydes is 1. The van der Waals surface area contributed by atoms with Crippen LogP contribution in [0.15, 0.2) is 22.8 Å². The van der Waals surface area contributed by atoms with Crippen LogP contribution in [0.4, 0.5) is 0 Å². The monoisotopic (exact) mass is 344 g/mol. The molecule has 4 heteroatoms. The minimum absolute atomic E-state index is 0.00907. The van der Waals surface area contributed by atoms with Crippen molar-refractivity contribution in [2.24, 2.45) is 22.7 Å². The van der Waals surface area contributed by atoms with Crippen molar-refractivity contribution in [3.8, 4) is 0 Å². The Morgan fingerprint density at radius 3 is 2.64 bits per heavy atom. The highest BCUT2D eigenvalue weighted by molar-refractivity contribution is 5.94. The van der Waals surface area contributed by atoms with E-state index in [9.17, 15) is 14.4 Å². The standard InChI is InChI=1S/C21H28O4/c1-13(2)15-7-8-21(19(24)25-4)10-9-20(3)16(18(15)21)6-5-14(12-22)11-17(20)23/h5,12-13,16H,6-11H2,1-4H3. The summed E-state index contributed by atoms with van der Waals surface area (Å²) in [6.45, 7) is 6.35. The summed E-state index contributed by atoms with van der Waals surface area (Å²) in [7, 11) is 1.46. The zero-order valence-corrected chi connectivity index (χ0v) is 15.7. The van der Waals surface area contributed by atoms with E-state index in [2.05, 4.69) is 13.8 Å². The van der Waals surface area contributed by atoms with Crippen LogP contribution in [0.1, 0.15) is 59.3 Å². The van der Waals surface area contributed by atoms with Crippen molar-refractivity contribution in [3.05, 3.63) is 22.8 Å². The highest BCUT2D eigenvalue weighted by atomic mass is 16.5. The van der Waals surface area contributed by atoms with Gasteiger partial charge in [0.05, 0.1) is 12.5 Å². The van der Waals surface area contributed by atoms with Gasteiger partial charge in [-0.1, -0.05) is 32.4 Å². The number of carbonyl (C=O) groups is 3. The van der Waals surface area contributed by atoms with Crippen molar-refractivity contribution in [1.82, 2.24) is 0 Å². The number of esters is 1. The number of ether oxygens (including phenoxy) is 1. The van der Waals surface area contributed by atoms with Gasteiger partial charge in [-0.25, -0.2) is 0 Å². The predicted molar refractivity (Wildman–Crippen MR) is 94.8 cm³/mol. The average Bonchev–Trinajstić information content (AvgIpc) is 2.94. The quantitative estimate of drug-likeness (QED) is 0.444. The second-order valence-corrected chi connectivity index (χ2v) is 8.37. The molecule has 0 spiro atoms. The highest BCUT2D eigenvalue weighted by Crippen LogP contribution is 2.62. The summed E-state index contributed by atoms with van der Waals surface area (Å²) in [4.78, 5) is 37.1. The molecule has 0 saturated heterocycles. The third-order valence-electron chi connectivity index (χ3n) is 6.91. The van der Waals surface area contributed by atoms with Crippen LogP contribution < -0.4 is 0 Å². The van der Waals surface area contributed by atoms with Gasteiger partial charge in [0.2, 0.25) is 0 Å². The molecule has 25 heavy (non-hydrogen) atoms. The zero-order valence-electron chi connectivity index (χ0n) is 15.7. The number of hydrogen-bond donors (Lipinski definition) is 0. The molecular weight excluding hydrogens is 316 g/mol. The molecule has 136 valence electrons. The van der Waals surface area contributed by atoms with Crippen molar-refractivity contribution in [2.75, 3.05) is 7.11 Å². The maximum atomic E-state index is 13.0. The van der Waals surface area contributed by atoms with Gasteiger partial charge in [0, 0.05) is 11.8 Å². The van der Waals surface area contributed by atoms with E-state index < -0.39 is 10.8 Å². The molecule has 0 aromatic heterocycles. The number of rotatable bonds is 3. The smallest absolute Gasteiger partial charge is 0.315 e. The number of fused-ring (bicyclic) bond motifs is 3. The van der Waals surface area contributed by atoms with E-state index in [1.807, 2.05) is 13.0 Å². The summed E-state index contributed by atoms with van der Waals surface area (Å²) >= 11 is 0. The van der Waals surface area contributed by atoms with Crippen LogP contribution in [0.3, 0.4) is 0 Å². The van der Waals surface area contributed by atoms with Gasteiger partial charge in [-0.05, 0) is 55.1 Å². The average molecular weight is 344 g/mol. The molecule has 0 bridgehead atoms. The lowest BCUT2D eigenvalue weighted by molar-refractivity contribution is -0.155. The molecule has 3 aliphatic rings. The van der Waals surface area contributed by atoms with Gasteiger partial charge in [0.1, 0.15) is 12.1 Å². The lowest BCUT2D eigenvalue weighted by atomic mass is 9.54. The Morgan fingerprint density at radius 2 is 2.04 bits per heavy atom. The zero-order chi connectivity index (χ0) is 18.4. The normalized spacial score (nSPS) is 35.0. The Bertz CT molecular complexity index is 684. The molecule has 4 nitrogen and oxygen atoms in total. The summed E-state index contributed by atoms with van der Waals surface area (Å²) in [6.07, 6.45) is 6.62. The van der Waals surface area contributed by atoms with Crippen LogP contribution in [0.2, 0.25) is 0 Å². The summed E-state index contributed by atoms with van der Waals surface area (Å²) in [6, 6.07) is 0. The van der Waals surface area contributed by atoms with E-state index >= 15 is 0 Å². The molecular formula is C21H28O4. The third-order valence-corrected chi connectivity index (χ3v) is 6.91. The molecule has 3 atom stereocenters. The molecule has 3 rings (SSSR count). The number of hydrogen-bond acceptors (Lipinski definition) is 4. The second kappa shape index (κ2) is 6.22. The molecule has 0 aromatic rings. The Kier molecular flexibility index (Phi) is 4.50. The Labute approximate surface area is 149 Å². The first-order valence-corrected chi connectivity index (χ1v) is 9.29. The molecule has 0 radical (unpaired) electrons. The minimum Gasteiger partial charge on any atom is -0.468 e. The number of allylic oxidation sites excluding steroid dienone is 3. The second-order valence-electron chi connectivity index (χ2n) is 8.37. The Balaban J connectivity index is 2.18. The highest BCUT2D eigenvalue weighted by Gasteiger charge is 2.59. The van der Waals surface area contributed by atoms with Crippen LogP contribution in [-0.4, -0.2) is 25.1 Å². The number of ketones is 1. The fraction of sp³-hybridized carbons (Fsp3) is 0.667. The Morgan fingerprint density at radius 1 is 1.32 bits per heavy atom. The first-order chi connectivity index (χ1) is 11.8. The van der Waals surface area contributed by atoms with Crippen LogP contribution >= 0.6 is 0 Å². The maximum Gasteiger partial charge on any atom is 0.315 e. The van der Waals surface area contributed by atoms with E-state index in [1.54, 1.807) is 0 Å². The molecule has 0 N–H and O–H groups in total. The summed E-state index contributed by atoms with van der Waals surface area (Å²) in [5.74, 6) is 0.313. The van der Waals surface area contributed by atoms with Crippen LogP contribution in [0.25, 0.3) is 0 Å². The fourth-order valence-electron chi connectivity index (χ4n) is 5.35. The van der Waals surface area contributed by atoms with Crippen molar-refractivity contribution in [1.29, 1.82) is 0 Å². The van der Waals surface area contributed by atoms with Gasteiger partial charge in [0.15, 0.2) is 0 Å². The van der Waals surface area contributed by atoms with Gasteiger partial charge < -0.3 is 4.74 Å². The number of methoxy groups -OCH3 is 1. The van der Waals surface area contributed by atoms with Crippen molar-refractivity contribution in [2.45, 2.75) is 59.3 Å². The van der Waals surface area contributed by atoms with Gasteiger partial charge in [0.25, 0.3) is 0 Å². The number of carbonyl (C=O) groups excluding carboxylic acids is 3. The minimum atomic E-state index is -0.571. The molecule has 1 fully saturated rings. The lowest BCUT2D eigenvalue weighted by Crippen LogP contribution is -2.48. The fourth-order valence-corrected chi connectivity index (χ4v) is 5.35.